The van der Waals surface area contributed by atoms with Crippen LogP contribution in [0.2, 0.25) is 5.02 Å². The highest BCUT2D eigenvalue weighted by Gasteiger charge is 2.29. The first kappa shape index (κ1) is 15.7. The van der Waals surface area contributed by atoms with Gasteiger partial charge in [0.2, 0.25) is 5.76 Å². The summed E-state index contributed by atoms with van der Waals surface area (Å²) in [5.41, 5.74) is 5.31. The average Bonchev–Trinajstić information content (AvgIpc) is 3.16. The molecular weight excluding hydrogens is 351 g/mol. The van der Waals surface area contributed by atoms with E-state index in [1.54, 1.807) is 12.1 Å². The third-order valence-corrected chi connectivity index (χ3v) is 4.28. The number of hydrogen-bond acceptors (Lipinski definition) is 4. The van der Waals surface area contributed by atoms with E-state index in [9.17, 15) is 14.0 Å². The zero-order chi connectivity index (χ0) is 17.7. The van der Waals surface area contributed by atoms with Crippen molar-refractivity contribution in [3.05, 3.63) is 52.4 Å². The van der Waals surface area contributed by atoms with Crippen molar-refractivity contribution in [2.24, 2.45) is 5.73 Å². The number of amides is 2. The number of benzene rings is 1. The molecule has 2 amide bonds. The first-order chi connectivity index (χ1) is 11.9. The van der Waals surface area contributed by atoms with Gasteiger partial charge in [0.25, 0.3) is 11.8 Å². The highest BCUT2D eigenvalue weighted by molar-refractivity contribution is 6.35. The van der Waals surface area contributed by atoms with Crippen LogP contribution in [0, 0.1) is 5.82 Å². The lowest BCUT2D eigenvalue weighted by molar-refractivity contribution is 0.0977. The maximum absolute atomic E-state index is 13.7. The van der Waals surface area contributed by atoms with E-state index in [0.717, 1.165) is 30.7 Å². The molecule has 3 N–H and O–H groups in total. The zero-order valence-corrected chi connectivity index (χ0v) is 13.5. The molecule has 1 aromatic carbocycles. The molecule has 0 aliphatic heterocycles. The molecule has 2 heterocycles. The Morgan fingerprint density at radius 2 is 2.00 bits per heavy atom. The number of hydrogen-bond donors (Lipinski definition) is 2. The van der Waals surface area contributed by atoms with E-state index in [0.29, 0.717) is 5.92 Å². The summed E-state index contributed by atoms with van der Waals surface area (Å²) >= 11 is 5.93. The van der Waals surface area contributed by atoms with E-state index >= 15 is 0 Å². The van der Waals surface area contributed by atoms with Gasteiger partial charge in [-0.25, -0.2) is 4.39 Å². The molecule has 0 unspecified atom stereocenters. The van der Waals surface area contributed by atoms with E-state index < -0.39 is 17.6 Å². The van der Waals surface area contributed by atoms with Crippen molar-refractivity contribution < 1.29 is 22.8 Å². The Hall–Kier alpha value is -2.80. The molecule has 1 saturated carbocycles. The summed E-state index contributed by atoms with van der Waals surface area (Å²) in [4.78, 5) is 24.1. The molecule has 4 rings (SSSR count). The van der Waals surface area contributed by atoms with Gasteiger partial charge in [0.1, 0.15) is 17.3 Å². The van der Waals surface area contributed by atoms with Crippen LogP contribution in [-0.4, -0.2) is 11.8 Å². The van der Waals surface area contributed by atoms with Crippen molar-refractivity contribution in [1.82, 2.24) is 0 Å². The minimum atomic E-state index is -0.916. The lowest BCUT2D eigenvalue weighted by Gasteiger charge is -2.03. The third kappa shape index (κ3) is 2.76. The van der Waals surface area contributed by atoms with Crippen LogP contribution in [0.3, 0.4) is 0 Å². The number of furan rings is 2. The topological polar surface area (TPSA) is 98.5 Å². The minimum absolute atomic E-state index is 0.0352. The highest BCUT2D eigenvalue weighted by atomic mass is 35.5. The van der Waals surface area contributed by atoms with E-state index in [2.05, 4.69) is 5.32 Å². The predicted molar refractivity (Wildman–Crippen MR) is 88.3 cm³/mol. The quantitative estimate of drug-likeness (QED) is 0.731. The van der Waals surface area contributed by atoms with Gasteiger partial charge < -0.3 is 19.9 Å². The maximum atomic E-state index is 13.7. The van der Waals surface area contributed by atoms with Gasteiger partial charge in [0, 0.05) is 11.3 Å². The molecule has 0 spiro atoms. The number of anilines is 1. The van der Waals surface area contributed by atoms with Crippen molar-refractivity contribution in [3.63, 3.8) is 0 Å². The normalized spacial score (nSPS) is 14.0. The van der Waals surface area contributed by atoms with Crippen LogP contribution < -0.4 is 11.1 Å². The van der Waals surface area contributed by atoms with Crippen molar-refractivity contribution in [2.45, 2.75) is 18.8 Å². The molecule has 0 atom stereocenters. The minimum Gasteiger partial charge on any atom is -0.456 e. The van der Waals surface area contributed by atoms with Crippen LogP contribution in [0.15, 0.2) is 33.1 Å². The van der Waals surface area contributed by atoms with Crippen LogP contribution in [0.5, 0.6) is 0 Å². The summed E-state index contributed by atoms with van der Waals surface area (Å²) < 4.78 is 24.5. The summed E-state index contributed by atoms with van der Waals surface area (Å²) in [6, 6.07) is 5.43. The van der Waals surface area contributed by atoms with E-state index in [-0.39, 0.29) is 33.2 Å². The molecule has 6 nitrogen and oxygen atoms in total. The second kappa shape index (κ2) is 5.63. The Morgan fingerprint density at radius 1 is 1.24 bits per heavy atom. The number of halogens is 2. The molecule has 0 bridgehead atoms. The SMILES string of the molecule is NC(=O)c1oc2c(Cl)cc(F)cc2c1NC(=O)c1ccc(C2CC2)o1. The molecule has 1 fully saturated rings. The molecule has 128 valence electrons. The van der Waals surface area contributed by atoms with Gasteiger partial charge in [-0.3, -0.25) is 9.59 Å². The fourth-order valence-electron chi connectivity index (χ4n) is 2.66. The van der Waals surface area contributed by atoms with Gasteiger partial charge in [-0.05, 0) is 37.1 Å². The van der Waals surface area contributed by atoms with Crippen LogP contribution >= 0.6 is 11.6 Å². The van der Waals surface area contributed by atoms with Crippen molar-refractivity contribution >= 4 is 40.1 Å². The van der Waals surface area contributed by atoms with Crippen LogP contribution in [0.25, 0.3) is 11.0 Å². The van der Waals surface area contributed by atoms with Crippen molar-refractivity contribution in [3.8, 4) is 0 Å². The summed E-state index contributed by atoms with van der Waals surface area (Å²) in [6.45, 7) is 0. The number of nitrogens with one attached hydrogen (secondary N) is 1. The summed E-state index contributed by atoms with van der Waals surface area (Å²) in [5.74, 6) is -1.30. The van der Waals surface area contributed by atoms with Gasteiger partial charge in [-0.15, -0.1) is 0 Å². The second-order valence-corrected chi connectivity index (χ2v) is 6.27. The summed E-state index contributed by atoms with van der Waals surface area (Å²) in [7, 11) is 0. The predicted octanol–water partition coefficient (Wildman–Crippen LogP) is 4.05. The molecule has 1 aliphatic rings. The Balaban J connectivity index is 1.75. The molecule has 25 heavy (non-hydrogen) atoms. The number of rotatable bonds is 4. The number of primary amides is 1. The summed E-state index contributed by atoms with van der Waals surface area (Å²) in [6.07, 6.45) is 2.06. The number of fused-ring (bicyclic) bond motifs is 1. The van der Waals surface area contributed by atoms with Gasteiger partial charge in [-0.1, -0.05) is 11.6 Å². The lowest BCUT2D eigenvalue weighted by Crippen LogP contribution is -2.16. The lowest BCUT2D eigenvalue weighted by atomic mass is 10.2. The highest BCUT2D eigenvalue weighted by Crippen LogP contribution is 2.41. The van der Waals surface area contributed by atoms with E-state index in [1.807, 2.05) is 0 Å². The molecule has 3 aromatic rings. The van der Waals surface area contributed by atoms with Crippen LogP contribution in [0.4, 0.5) is 10.1 Å². The number of carbonyl (C=O) groups excluding carboxylic acids is 2. The Bertz CT molecular complexity index is 1020. The molecular formula is C17H12ClFN2O4. The molecule has 1 aliphatic carbocycles. The Labute approximate surface area is 145 Å². The molecule has 0 saturated heterocycles. The maximum Gasteiger partial charge on any atom is 0.291 e. The van der Waals surface area contributed by atoms with Crippen LogP contribution in [-0.2, 0) is 0 Å². The van der Waals surface area contributed by atoms with Crippen molar-refractivity contribution in [1.29, 1.82) is 0 Å². The molecule has 0 radical (unpaired) electrons. The smallest absolute Gasteiger partial charge is 0.291 e. The Morgan fingerprint density at radius 3 is 2.68 bits per heavy atom. The van der Waals surface area contributed by atoms with E-state index in [1.165, 1.54) is 0 Å². The summed E-state index contributed by atoms with van der Waals surface area (Å²) in [5, 5.41) is 2.61. The molecule has 2 aromatic heterocycles. The first-order valence-corrected chi connectivity index (χ1v) is 7.94. The van der Waals surface area contributed by atoms with Gasteiger partial charge >= 0.3 is 0 Å². The fraction of sp³-hybridized carbons (Fsp3) is 0.176. The van der Waals surface area contributed by atoms with E-state index in [4.69, 9.17) is 26.2 Å². The first-order valence-electron chi connectivity index (χ1n) is 7.56. The van der Waals surface area contributed by atoms with Crippen LogP contribution in [0.1, 0.15) is 45.6 Å². The molecule has 8 heteroatoms. The van der Waals surface area contributed by atoms with Crippen molar-refractivity contribution in [2.75, 3.05) is 5.32 Å². The average molecular weight is 363 g/mol. The fourth-order valence-corrected chi connectivity index (χ4v) is 2.90. The zero-order valence-electron chi connectivity index (χ0n) is 12.8. The number of nitrogens with two attached hydrogens (primary N) is 1. The number of carbonyl (C=O) groups is 2. The van der Waals surface area contributed by atoms with Gasteiger partial charge in [-0.2, -0.15) is 0 Å². The largest absolute Gasteiger partial charge is 0.456 e. The monoisotopic (exact) mass is 362 g/mol. The second-order valence-electron chi connectivity index (χ2n) is 5.87. The van der Waals surface area contributed by atoms with Gasteiger partial charge in [0.15, 0.2) is 11.3 Å². The third-order valence-electron chi connectivity index (χ3n) is 4.00. The Kier molecular flexibility index (Phi) is 3.54. The standard InChI is InChI=1S/C17H12ClFN2O4/c18-10-6-8(19)5-9-13(15(16(20)22)25-14(9)10)21-17(23)12-4-3-11(24-12)7-1-2-7/h3-7H,1-2H2,(H2,20,22)(H,21,23). The van der Waals surface area contributed by atoms with Gasteiger partial charge in [0.05, 0.1) is 5.02 Å².